The lowest BCUT2D eigenvalue weighted by atomic mass is 9.76. The molecule has 0 bridgehead atoms. The molecular weight excluding hydrogens is 248 g/mol. The van der Waals surface area contributed by atoms with E-state index in [2.05, 4.69) is 9.88 Å². The summed E-state index contributed by atoms with van der Waals surface area (Å²) < 4.78 is 0. The first-order valence-corrected chi connectivity index (χ1v) is 7.45. The van der Waals surface area contributed by atoms with E-state index in [1.165, 1.54) is 12.8 Å². The summed E-state index contributed by atoms with van der Waals surface area (Å²) in [5.41, 5.74) is -0.537. The van der Waals surface area contributed by atoms with E-state index in [0.717, 1.165) is 30.9 Å². The zero-order chi connectivity index (χ0) is 12.6. The van der Waals surface area contributed by atoms with Crippen LogP contribution in [0.4, 0.5) is 5.13 Å². The second kappa shape index (κ2) is 4.53. The number of carboxylic acids is 1. The number of rotatable bonds is 4. The second-order valence-electron chi connectivity index (χ2n) is 5.57. The van der Waals surface area contributed by atoms with Gasteiger partial charge in [-0.25, -0.2) is 4.98 Å². The summed E-state index contributed by atoms with van der Waals surface area (Å²) in [5.74, 6) is 0.0352. The number of hydrogen-bond donors (Lipinski definition) is 1. The van der Waals surface area contributed by atoms with Gasteiger partial charge >= 0.3 is 5.97 Å². The van der Waals surface area contributed by atoms with Gasteiger partial charge in [0, 0.05) is 24.7 Å². The first kappa shape index (κ1) is 12.0. The summed E-state index contributed by atoms with van der Waals surface area (Å²) in [6, 6.07) is 0. The minimum Gasteiger partial charge on any atom is -0.481 e. The molecule has 1 saturated carbocycles. The van der Waals surface area contributed by atoms with E-state index < -0.39 is 11.4 Å². The molecule has 5 heteroatoms. The van der Waals surface area contributed by atoms with Crippen LogP contribution in [-0.4, -0.2) is 29.1 Å². The summed E-state index contributed by atoms with van der Waals surface area (Å²) in [5, 5.41) is 12.6. The highest BCUT2D eigenvalue weighted by molar-refractivity contribution is 7.13. The molecule has 98 valence electrons. The Morgan fingerprint density at radius 3 is 3.06 bits per heavy atom. The molecule has 1 unspecified atom stereocenters. The molecule has 0 aromatic carbocycles. The lowest BCUT2D eigenvalue weighted by Crippen LogP contribution is -2.48. The Balaban J connectivity index is 1.79. The van der Waals surface area contributed by atoms with E-state index in [4.69, 9.17) is 0 Å². The topological polar surface area (TPSA) is 53.4 Å². The van der Waals surface area contributed by atoms with Crippen molar-refractivity contribution in [3.63, 3.8) is 0 Å². The van der Waals surface area contributed by atoms with Crippen molar-refractivity contribution in [1.82, 2.24) is 4.98 Å². The van der Waals surface area contributed by atoms with Crippen LogP contribution in [0.3, 0.4) is 0 Å². The van der Waals surface area contributed by atoms with Gasteiger partial charge in [0.2, 0.25) is 0 Å². The molecule has 0 spiro atoms. The fourth-order valence-corrected chi connectivity index (χ4v) is 3.64. The molecule has 1 aromatic rings. The van der Waals surface area contributed by atoms with Crippen LogP contribution in [0.5, 0.6) is 0 Å². The molecule has 0 radical (unpaired) electrons. The highest BCUT2D eigenvalue weighted by Crippen LogP contribution is 2.45. The molecule has 0 amide bonds. The first-order chi connectivity index (χ1) is 8.70. The third-order valence-corrected chi connectivity index (χ3v) is 4.93. The Morgan fingerprint density at radius 1 is 1.61 bits per heavy atom. The number of anilines is 1. The molecule has 1 aliphatic heterocycles. The van der Waals surface area contributed by atoms with Crippen molar-refractivity contribution in [3.05, 3.63) is 11.6 Å². The van der Waals surface area contributed by atoms with Crippen LogP contribution in [0.25, 0.3) is 0 Å². The third-order valence-electron chi connectivity index (χ3n) is 4.10. The van der Waals surface area contributed by atoms with Crippen molar-refractivity contribution in [2.45, 2.75) is 32.1 Å². The maximum absolute atomic E-state index is 11.7. The van der Waals surface area contributed by atoms with Gasteiger partial charge in [0.05, 0.1) is 5.41 Å². The summed E-state index contributed by atoms with van der Waals surface area (Å²) in [4.78, 5) is 18.2. The van der Waals surface area contributed by atoms with Gasteiger partial charge in [-0.3, -0.25) is 4.79 Å². The maximum atomic E-state index is 11.7. The van der Waals surface area contributed by atoms with Gasteiger partial charge in [-0.05, 0) is 25.2 Å². The van der Waals surface area contributed by atoms with Gasteiger partial charge in [0.25, 0.3) is 0 Å². The number of aliphatic carboxylic acids is 1. The van der Waals surface area contributed by atoms with Gasteiger partial charge in [-0.1, -0.05) is 12.8 Å². The SMILES string of the molecule is O=C(O)C1(CC2CC2)CCCN(c2nccs2)C1. The molecule has 2 heterocycles. The molecule has 2 fully saturated rings. The lowest BCUT2D eigenvalue weighted by molar-refractivity contribution is -0.150. The number of hydrogen-bond acceptors (Lipinski definition) is 4. The van der Waals surface area contributed by atoms with Crippen LogP contribution in [0, 0.1) is 11.3 Å². The van der Waals surface area contributed by atoms with Crippen LogP contribution in [0.1, 0.15) is 32.1 Å². The quantitative estimate of drug-likeness (QED) is 0.910. The molecule has 1 atom stereocenters. The van der Waals surface area contributed by atoms with Gasteiger partial charge < -0.3 is 10.0 Å². The summed E-state index contributed by atoms with van der Waals surface area (Å²) in [6.07, 6.45) is 6.85. The Hall–Kier alpha value is -1.10. The molecule has 2 aliphatic rings. The number of carbonyl (C=O) groups is 1. The molecule has 1 aliphatic carbocycles. The van der Waals surface area contributed by atoms with Crippen LogP contribution in [0.15, 0.2) is 11.6 Å². The first-order valence-electron chi connectivity index (χ1n) is 6.57. The number of nitrogens with zero attached hydrogens (tertiary/aromatic N) is 2. The number of piperidine rings is 1. The average Bonchev–Trinajstić information content (AvgIpc) is 3.00. The Labute approximate surface area is 111 Å². The van der Waals surface area contributed by atoms with Crippen molar-refractivity contribution in [2.24, 2.45) is 11.3 Å². The van der Waals surface area contributed by atoms with Crippen LogP contribution in [-0.2, 0) is 4.79 Å². The van der Waals surface area contributed by atoms with Crippen molar-refractivity contribution < 1.29 is 9.90 Å². The molecular formula is C13H18N2O2S. The van der Waals surface area contributed by atoms with E-state index in [0.29, 0.717) is 12.5 Å². The monoisotopic (exact) mass is 266 g/mol. The summed E-state index contributed by atoms with van der Waals surface area (Å²) >= 11 is 1.60. The Kier molecular flexibility index (Phi) is 3.01. The molecule has 1 N–H and O–H groups in total. The standard InChI is InChI=1S/C13H18N2O2S/c16-11(17)13(8-10-2-3-10)4-1-6-15(9-13)12-14-5-7-18-12/h5,7,10H,1-4,6,8-9H2,(H,16,17). The fraction of sp³-hybridized carbons (Fsp3) is 0.692. The number of aromatic nitrogens is 1. The van der Waals surface area contributed by atoms with Gasteiger partial charge in [0.1, 0.15) is 0 Å². The van der Waals surface area contributed by atoms with Crippen molar-refractivity contribution in [1.29, 1.82) is 0 Å². The van der Waals surface area contributed by atoms with Gasteiger partial charge in [-0.2, -0.15) is 0 Å². The highest BCUT2D eigenvalue weighted by Gasteiger charge is 2.46. The van der Waals surface area contributed by atoms with E-state index in [1.807, 2.05) is 5.38 Å². The zero-order valence-corrected chi connectivity index (χ0v) is 11.2. The predicted octanol–water partition coefficient (Wildman–Crippen LogP) is 2.61. The lowest BCUT2D eigenvalue weighted by Gasteiger charge is -2.40. The number of thiazole rings is 1. The van der Waals surface area contributed by atoms with E-state index in [1.54, 1.807) is 17.5 Å². The molecule has 1 aromatic heterocycles. The largest absolute Gasteiger partial charge is 0.481 e. The molecule has 4 nitrogen and oxygen atoms in total. The summed E-state index contributed by atoms with van der Waals surface area (Å²) in [6.45, 7) is 1.57. The van der Waals surface area contributed by atoms with Crippen LogP contribution < -0.4 is 4.90 Å². The fourth-order valence-electron chi connectivity index (χ4n) is 2.97. The molecule has 3 rings (SSSR count). The summed E-state index contributed by atoms with van der Waals surface area (Å²) in [7, 11) is 0. The van der Waals surface area contributed by atoms with E-state index in [-0.39, 0.29) is 0 Å². The second-order valence-corrected chi connectivity index (χ2v) is 6.45. The van der Waals surface area contributed by atoms with E-state index in [9.17, 15) is 9.90 Å². The highest BCUT2D eigenvalue weighted by atomic mass is 32.1. The maximum Gasteiger partial charge on any atom is 0.311 e. The predicted molar refractivity (Wildman–Crippen MR) is 71.0 cm³/mol. The molecule has 18 heavy (non-hydrogen) atoms. The van der Waals surface area contributed by atoms with Crippen LogP contribution in [0.2, 0.25) is 0 Å². The van der Waals surface area contributed by atoms with E-state index >= 15 is 0 Å². The normalized spacial score (nSPS) is 28.3. The Morgan fingerprint density at radius 2 is 2.44 bits per heavy atom. The minimum absolute atomic E-state index is 0.537. The minimum atomic E-state index is -0.615. The van der Waals surface area contributed by atoms with Crippen molar-refractivity contribution in [2.75, 3.05) is 18.0 Å². The smallest absolute Gasteiger partial charge is 0.311 e. The average molecular weight is 266 g/mol. The van der Waals surface area contributed by atoms with Crippen LogP contribution >= 0.6 is 11.3 Å². The van der Waals surface area contributed by atoms with Gasteiger partial charge in [-0.15, -0.1) is 11.3 Å². The van der Waals surface area contributed by atoms with Gasteiger partial charge in [0.15, 0.2) is 5.13 Å². The Bertz CT molecular complexity index is 430. The van der Waals surface area contributed by atoms with Crippen molar-refractivity contribution in [3.8, 4) is 0 Å². The van der Waals surface area contributed by atoms with Crippen molar-refractivity contribution >= 4 is 22.4 Å². The zero-order valence-electron chi connectivity index (χ0n) is 10.3. The number of carboxylic acid groups (broad SMARTS) is 1. The molecule has 1 saturated heterocycles. The third kappa shape index (κ3) is 2.23.